The zero-order chi connectivity index (χ0) is 13.1. The molecule has 0 aromatic carbocycles. The second-order valence-corrected chi connectivity index (χ2v) is 7.27. The third-order valence-electron chi connectivity index (χ3n) is 2.61. The fraction of sp³-hybridized carbons (Fsp3) is 0.800. The van der Waals surface area contributed by atoms with E-state index in [1.807, 2.05) is 0 Å². The summed E-state index contributed by atoms with van der Waals surface area (Å²) >= 11 is 0. The highest BCUT2D eigenvalue weighted by Gasteiger charge is 2.55. The SMILES string of the molecule is CCC(=O)/C=N/C1(CO)CO[Si](O)(C(C)C)O1. The summed E-state index contributed by atoms with van der Waals surface area (Å²) in [6.45, 7) is 4.81. The van der Waals surface area contributed by atoms with E-state index in [-0.39, 0.29) is 17.9 Å². The van der Waals surface area contributed by atoms with Crippen LogP contribution in [0.5, 0.6) is 0 Å². The van der Waals surface area contributed by atoms with Gasteiger partial charge >= 0.3 is 8.80 Å². The van der Waals surface area contributed by atoms with Gasteiger partial charge in [0.2, 0.25) is 0 Å². The molecule has 0 spiro atoms. The highest BCUT2D eigenvalue weighted by molar-refractivity contribution is 6.61. The number of rotatable bonds is 5. The molecule has 0 aromatic heterocycles. The molecular weight excluding hydrogens is 242 g/mol. The molecule has 7 heteroatoms. The van der Waals surface area contributed by atoms with E-state index in [1.165, 1.54) is 0 Å². The Morgan fingerprint density at radius 2 is 2.29 bits per heavy atom. The van der Waals surface area contributed by atoms with Gasteiger partial charge in [0, 0.05) is 12.0 Å². The lowest BCUT2D eigenvalue weighted by Gasteiger charge is -2.24. The van der Waals surface area contributed by atoms with Crippen molar-refractivity contribution in [1.29, 1.82) is 0 Å². The summed E-state index contributed by atoms with van der Waals surface area (Å²) in [5.74, 6) is -0.164. The number of aliphatic hydroxyl groups is 1. The Kier molecular flexibility index (Phi) is 4.56. The second-order valence-electron chi connectivity index (χ2n) is 4.36. The van der Waals surface area contributed by atoms with E-state index in [0.29, 0.717) is 6.42 Å². The van der Waals surface area contributed by atoms with E-state index in [1.54, 1.807) is 20.8 Å². The van der Waals surface area contributed by atoms with Crippen molar-refractivity contribution in [2.24, 2.45) is 4.99 Å². The molecule has 98 valence electrons. The van der Waals surface area contributed by atoms with Crippen LogP contribution in [0.4, 0.5) is 0 Å². The standard InChI is InChI=1S/C10H19NO5Si/c1-4-9(13)5-11-10(6-12)7-15-17(14,16-10)8(2)3/h5,8,12,14H,4,6-7H2,1-3H3/b11-5+. The van der Waals surface area contributed by atoms with Crippen LogP contribution in [0.25, 0.3) is 0 Å². The van der Waals surface area contributed by atoms with Crippen LogP contribution in [0.3, 0.4) is 0 Å². The lowest BCUT2D eigenvalue weighted by atomic mass is 10.2. The van der Waals surface area contributed by atoms with Crippen LogP contribution in [0.1, 0.15) is 27.2 Å². The fourth-order valence-electron chi connectivity index (χ4n) is 1.30. The predicted octanol–water partition coefficient (Wildman–Crippen LogP) is 0.113. The molecule has 0 amide bonds. The second kappa shape index (κ2) is 5.36. The van der Waals surface area contributed by atoms with Gasteiger partial charge in [-0.3, -0.25) is 9.79 Å². The Morgan fingerprint density at radius 3 is 2.71 bits per heavy atom. The molecule has 0 bridgehead atoms. The van der Waals surface area contributed by atoms with Gasteiger partial charge in [-0.05, 0) is 0 Å². The van der Waals surface area contributed by atoms with E-state index in [0.717, 1.165) is 6.21 Å². The number of aliphatic hydroxyl groups excluding tert-OH is 1. The van der Waals surface area contributed by atoms with Gasteiger partial charge in [-0.1, -0.05) is 20.8 Å². The van der Waals surface area contributed by atoms with E-state index in [9.17, 15) is 14.7 Å². The molecule has 17 heavy (non-hydrogen) atoms. The summed E-state index contributed by atoms with van der Waals surface area (Å²) in [5, 5.41) is 9.30. The fourth-order valence-corrected chi connectivity index (χ4v) is 3.08. The van der Waals surface area contributed by atoms with Gasteiger partial charge in [-0.2, -0.15) is 0 Å². The number of nitrogens with zero attached hydrogens (tertiary/aromatic N) is 1. The Morgan fingerprint density at radius 1 is 1.65 bits per heavy atom. The van der Waals surface area contributed by atoms with E-state index >= 15 is 0 Å². The van der Waals surface area contributed by atoms with Crippen molar-refractivity contribution in [2.45, 2.75) is 38.5 Å². The molecule has 6 nitrogen and oxygen atoms in total. The molecule has 1 aliphatic heterocycles. The number of carbonyl (C=O) groups is 1. The number of hydrogen-bond donors (Lipinski definition) is 2. The van der Waals surface area contributed by atoms with E-state index in [2.05, 4.69) is 4.99 Å². The first kappa shape index (κ1) is 14.5. The zero-order valence-corrected chi connectivity index (χ0v) is 11.3. The van der Waals surface area contributed by atoms with Gasteiger partial charge in [0.15, 0.2) is 11.5 Å². The number of ketones is 1. The highest BCUT2D eigenvalue weighted by atomic mass is 28.4. The first-order valence-corrected chi connectivity index (χ1v) is 7.47. The minimum atomic E-state index is -3.29. The Labute approximate surface area is 102 Å². The van der Waals surface area contributed by atoms with E-state index in [4.69, 9.17) is 8.85 Å². The minimum Gasteiger partial charge on any atom is -0.391 e. The Balaban J connectivity index is 2.80. The molecule has 1 heterocycles. The first-order chi connectivity index (χ1) is 7.87. The van der Waals surface area contributed by atoms with Crippen LogP contribution in [0.2, 0.25) is 5.54 Å². The van der Waals surface area contributed by atoms with E-state index < -0.39 is 21.1 Å². The number of aliphatic imine (C=N–C) groups is 1. The summed E-state index contributed by atoms with van der Waals surface area (Å²) in [4.78, 5) is 25.2. The summed E-state index contributed by atoms with van der Waals surface area (Å²) < 4.78 is 10.7. The van der Waals surface area contributed by atoms with Gasteiger partial charge in [0.25, 0.3) is 0 Å². The molecule has 0 radical (unpaired) electrons. The molecule has 1 rings (SSSR count). The maximum atomic E-state index is 11.1. The van der Waals surface area contributed by atoms with Crippen LogP contribution < -0.4 is 0 Å². The zero-order valence-electron chi connectivity index (χ0n) is 10.3. The van der Waals surface area contributed by atoms with Crippen molar-refractivity contribution in [1.82, 2.24) is 0 Å². The van der Waals surface area contributed by atoms with Crippen LogP contribution in [0.15, 0.2) is 4.99 Å². The number of carbonyl (C=O) groups excluding carboxylic acids is 1. The maximum Gasteiger partial charge on any atom is 0.503 e. The van der Waals surface area contributed by atoms with Crippen LogP contribution >= 0.6 is 0 Å². The maximum absolute atomic E-state index is 11.1. The summed E-state index contributed by atoms with van der Waals surface area (Å²) in [6, 6.07) is 0. The monoisotopic (exact) mass is 261 g/mol. The molecule has 1 fully saturated rings. The first-order valence-electron chi connectivity index (χ1n) is 5.63. The van der Waals surface area contributed by atoms with Gasteiger partial charge in [0.05, 0.1) is 19.4 Å². The van der Waals surface area contributed by atoms with Crippen molar-refractivity contribution in [2.75, 3.05) is 13.2 Å². The van der Waals surface area contributed by atoms with Crippen LogP contribution in [0, 0.1) is 0 Å². The van der Waals surface area contributed by atoms with Crippen molar-refractivity contribution >= 4 is 20.8 Å². The highest BCUT2D eigenvalue weighted by Crippen LogP contribution is 2.34. The quantitative estimate of drug-likeness (QED) is 0.542. The summed E-state index contributed by atoms with van der Waals surface area (Å²) in [6.07, 6.45) is 1.46. The molecular formula is C10H19NO5Si. The molecule has 0 aromatic rings. The number of hydrogen-bond acceptors (Lipinski definition) is 6. The molecule has 2 N–H and O–H groups in total. The van der Waals surface area contributed by atoms with Crippen molar-refractivity contribution < 1.29 is 23.5 Å². The third kappa shape index (κ3) is 3.20. The van der Waals surface area contributed by atoms with Crippen molar-refractivity contribution in [3.05, 3.63) is 0 Å². The summed E-state index contributed by atoms with van der Waals surface area (Å²) in [7, 11) is -3.29. The molecule has 1 aliphatic rings. The van der Waals surface area contributed by atoms with Gasteiger partial charge in [-0.25, -0.2) is 0 Å². The number of Topliss-reactive ketones (excluding diaryl/α,β-unsaturated/α-hetero) is 1. The molecule has 2 atom stereocenters. The molecule has 2 unspecified atom stereocenters. The largest absolute Gasteiger partial charge is 0.503 e. The van der Waals surface area contributed by atoms with Gasteiger partial charge < -0.3 is 18.8 Å². The third-order valence-corrected chi connectivity index (χ3v) is 5.30. The minimum absolute atomic E-state index is 0.0299. The molecule has 0 saturated carbocycles. The summed E-state index contributed by atoms with van der Waals surface area (Å²) in [5.41, 5.74) is -1.50. The van der Waals surface area contributed by atoms with Gasteiger partial charge in [-0.15, -0.1) is 0 Å². The topological polar surface area (TPSA) is 88.4 Å². The molecule has 1 saturated heterocycles. The normalized spacial score (nSPS) is 33.8. The average molecular weight is 261 g/mol. The van der Waals surface area contributed by atoms with Gasteiger partial charge in [0.1, 0.15) is 0 Å². The van der Waals surface area contributed by atoms with Crippen molar-refractivity contribution in [3.8, 4) is 0 Å². The molecule has 0 aliphatic carbocycles. The Hall–Kier alpha value is -0.603. The smallest absolute Gasteiger partial charge is 0.391 e. The average Bonchev–Trinajstić information content (AvgIpc) is 2.66. The lowest BCUT2D eigenvalue weighted by molar-refractivity contribution is -0.112. The van der Waals surface area contributed by atoms with Crippen LogP contribution in [-0.4, -0.2) is 49.6 Å². The predicted molar refractivity (Wildman–Crippen MR) is 63.7 cm³/mol. The lowest BCUT2D eigenvalue weighted by Crippen LogP contribution is -2.44. The van der Waals surface area contributed by atoms with Crippen molar-refractivity contribution in [3.63, 3.8) is 0 Å². The Bertz CT molecular complexity index is 322. The van der Waals surface area contributed by atoms with Crippen LogP contribution in [-0.2, 0) is 13.6 Å².